The van der Waals surface area contributed by atoms with Crippen molar-refractivity contribution in [1.82, 2.24) is 25.2 Å². The number of hydrogen-bond acceptors (Lipinski definition) is 6. The summed E-state index contributed by atoms with van der Waals surface area (Å²) in [6.45, 7) is 5.97. The van der Waals surface area contributed by atoms with Gasteiger partial charge in [-0.2, -0.15) is 10.1 Å². The molecule has 0 aliphatic heterocycles. The maximum atomic E-state index is 11.8. The molecule has 4 aromatic rings. The molecule has 0 fully saturated rings. The lowest BCUT2D eigenvalue weighted by molar-refractivity contribution is 0.0522. The van der Waals surface area contributed by atoms with Gasteiger partial charge in [0.25, 0.3) is 5.89 Å². The van der Waals surface area contributed by atoms with Crippen LogP contribution >= 0.6 is 11.6 Å². The Balaban J connectivity index is 1.58. The van der Waals surface area contributed by atoms with Crippen molar-refractivity contribution >= 4 is 28.6 Å². The molecule has 2 aromatic carbocycles. The number of carbonyl (C=O) groups excluding carboxylic acids is 1. The summed E-state index contributed by atoms with van der Waals surface area (Å²) in [7, 11) is 0. The third-order valence-corrected chi connectivity index (χ3v) is 4.77. The number of fused-ring (bicyclic) bond motifs is 1. The number of alkyl carbamates (subject to hydrolysis) is 1. The molecule has 0 saturated heterocycles. The Kier molecular flexibility index (Phi) is 5.65. The lowest BCUT2D eigenvalue weighted by Gasteiger charge is -2.19. The minimum absolute atomic E-state index is 0.0800. The average Bonchev–Trinajstić information content (AvgIpc) is 3.32. The molecule has 0 aliphatic carbocycles. The van der Waals surface area contributed by atoms with Crippen LogP contribution in [0.4, 0.5) is 4.79 Å². The number of para-hydroxylation sites is 1. The number of benzene rings is 2. The number of halogens is 1. The minimum Gasteiger partial charge on any atom is -0.444 e. The van der Waals surface area contributed by atoms with Crippen LogP contribution in [0.2, 0.25) is 5.02 Å². The van der Waals surface area contributed by atoms with Crippen LogP contribution in [-0.2, 0) is 17.8 Å². The Morgan fingerprint density at radius 1 is 1.16 bits per heavy atom. The molecule has 0 bridgehead atoms. The van der Waals surface area contributed by atoms with Crippen LogP contribution in [0, 0.1) is 0 Å². The van der Waals surface area contributed by atoms with E-state index in [0.717, 1.165) is 16.5 Å². The highest BCUT2D eigenvalue weighted by molar-refractivity contribution is 6.31. The summed E-state index contributed by atoms with van der Waals surface area (Å²) < 4.78 is 12.5. The molecule has 4 rings (SSSR count). The SMILES string of the molecule is CC(C)(C)OC(=O)NCc1noc(-c2nn(Cc3ccccc3Cl)c3ccccc23)n1. The minimum atomic E-state index is -0.583. The summed E-state index contributed by atoms with van der Waals surface area (Å²) in [5.74, 6) is 0.598. The monoisotopic (exact) mass is 439 g/mol. The predicted octanol–water partition coefficient (Wildman–Crippen LogP) is 4.81. The zero-order valence-electron chi connectivity index (χ0n) is 17.4. The van der Waals surface area contributed by atoms with Crippen molar-refractivity contribution in [2.24, 2.45) is 0 Å². The van der Waals surface area contributed by atoms with Gasteiger partial charge in [0.05, 0.1) is 18.6 Å². The predicted molar refractivity (Wildman–Crippen MR) is 117 cm³/mol. The number of carbonyl (C=O) groups is 1. The van der Waals surface area contributed by atoms with Gasteiger partial charge in [-0.1, -0.05) is 53.2 Å². The molecule has 9 heteroatoms. The highest BCUT2D eigenvalue weighted by atomic mass is 35.5. The van der Waals surface area contributed by atoms with Gasteiger partial charge in [0, 0.05) is 10.4 Å². The standard InChI is InChI=1S/C22H22ClN5O3/c1-22(2,3)30-21(29)24-12-18-25-20(31-27-18)19-15-9-5-7-11-17(15)28(26-19)13-14-8-4-6-10-16(14)23/h4-11H,12-13H2,1-3H3,(H,24,29). The molecule has 0 spiro atoms. The van der Waals surface area contributed by atoms with Crippen LogP contribution in [0.15, 0.2) is 53.1 Å². The van der Waals surface area contributed by atoms with Crippen molar-refractivity contribution in [1.29, 1.82) is 0 Å². The molecule has 8 nitrogen and oxygen atoms in total. The fraction of sp³-hybridized carbons (Fsp3) is 0.273. The number of nitrogens with zero attached hydrogens (tertiary/aromatic N) is 4. The number of nitrogens with one attached hydrogen (secondary N) is 1. The Morgan fingerprint density at radius 3 is 2.68 bits per heavy atom. The molecule has 0 unspecified atom stereocenters. The van der Waals surface area contributed by atoms with E-state index in [2.05, 4.69) is 15.5 Å². The van der Waals surface area contributed by atoms with Crippen molar-refractivity contribution in [3.63, 3.8) is 0 Å². The zero-order valence-corrected chi connectivity index (χ0v) is 18.2. The number of hydrogen-bond donors (Lipinski definition) is 1. The normalized spacial score (nSPS) is 11.6. The largest absolute Gasteiger partial charge is 0.444 e. The molecule has 0 atom stereocenters. The Labute approximate surface area is 184 Å². The molecule has 2 heterocycles. The molecule has 0 radical (unpaired) electrons. The third-order valence-electron chi connectivity index (χ3n) is 4.40. The van der Waals surface area contributed by atoms with Gasteiger partial charge in [0.15, 0.2) is 11.5 Å². The van der Waals surface area contributed by atoms with Crippen molar-refractivity contribution in [2.45, 2.75) is 39.5 Å². The third kappa shape index (κ3) is 4.86. The first-order chi connectivity index (χ1) is 14.8. The maximum Gasteiger partial charge on any atom is 0.408 e. The molecule has 0 saturated carbocycles. The van der Waals surface area contributed by atoms with E-state index in [0.29, 0.717) is 23.1 Å². The lowest BCUT2D eigenvalue weighted by atomic mass is 10.2. The highest BCUT2D eigenvalue weighted by Crippen LogP contribution is 2.28. The van der Waals surface area contributed by atoms with Gasteiger partial charge in [0.2, 0.25) is 0 Å². The Morgan fingerprint density at radius 2 is 1.90 bits per heavy atom. The number of rotatable bonds is 5. The molecule has 1 amide bonds. The smallest absolute Gasteiger partial charge is 0.408 e. The second-order valence-electron chi connectivity index (χ2n) is 7.99. The fourth-order valence-electron chi connectivity index (χ4n) is 3.08. The van der Waals surface area contributed by atoms with Crippen molar-refractivity contribution in [2.75, 3.05) is 0 Å². The second-order valence-corrected chi connectivity index (χ2v) is 8.39. The van der Waals surface area contributed by atoms with Gasteiger partial charge in [0.1, 0.15) is 5.60 Å². The van der Waals surface area contributed by atoms with Gasteiger partial charge in [-0.25, -0.2) is 4.79 Å². The molecule has 160 valence electrons. The van der Waals surface area contributed by atoms with Gasteiger partial charge < -0.3 is 14.6 Å². The van der Waals surface area contributed by atoms with E-state index < -0.39 is 11.7 Å². The van der Waals surface area contributed by atoms with Gasteiger partial charge in [-0.3, -0.25) is 4.68 Å². The van der Waals surface area contributed by atoms with E-state index in [9.17, 15) is 4.79 Å². The summed E-state index contributed by atoms with van der Waals surface area (Å²) >= 11 is 6.33. The number of amides is 1. The molecule has 2 aromatic heterocycles. The van der Waals surface area contributed by atoms with Crippen LogP contribution in [-0.4, -0.2) is 31.6 Å². The van der Waals surface area contributed by atoms with Crippen molar-refractivity contribution < 1.29 is 14.1 Å². The molecule has 31 heavy (non-hydrogen) atoms. The lowest BCUT2D eigenvalue weighted by Crippen LogP contribution is -2.32. The highest BCUT2D eigenvalue weighted by Gasteiger charge is 2.20. The Bertz CT molecular complexity index is 1230. The summed E-state index contributed by atoms with van der Waals surface area (Å²) in [6, 6.07) is 15.4. The van der Waals surface area contributed by atoms with Gasteiger partial charge in [-0.05, 0) is 38.5 Å². The van der Waals surface area contributed by atoms with Crippen LogP contribution in [0.1, 0.15) is 32.2 Å². The topological polar surface area (TPSA) is 95.1 Å². The second kappa shape index (κ2) is 8.39. The molecular weight excluding hydrogens is 418 g/mol. The van der Waals surface area contributed by atoms with E-state index in [1.54, 1.807) is 20.8 Å². The summed E-state index contributed by atoms with van der Waals surface area (Å²) in [4.78, 5) is 16.2. The maximum absolute atomic E-state index is 11.8. The first-order valence-electron chi connectivity index (χ1n) is 9.79. The fourth-order valence-corrected chi connectivity index (χ4v) is 3.28. The van der Waals surface area contributed by atoms with Crippen LogP contribution in [0.5, 0.6) is 0 Å². The van der Waals surface area contributed by atoms with Crippen molar-refractivity contribution in [3.05, 3.63) is 64.9 Å². The Hall–Kier alpha value is -3.39. The molecule has 0 aliphatic rings. The van der Waals surface area contributed by atoms with E-state index in [-0.39, 0.29) is 12.4 Å². The summed E-state index contributed by atoms with van der Waals surface area (Å²) in [5.41, 5.74) is 1.86. The zero-order chi connectivity index (χ0) is 22.0. The number of aromatic nitrogens is 4. The van der Waals surface area contributed by atoms with Gasteiger partial charge in [-0.15, -0.1) is 0 Å². The van der Waals surface area contributed by atoms with Crippen LogP contribution in [0.25, 0.3) is 22.5 Å². The van der Waals surface area contributed by atoms with Crippen LogP contribution < -0.4 is 5.32 Å². The van der Waals surface area contributed by atoms with Gasteiger partial charge >= 0.3 is 6.09 Å². The molecule has 1 N–H and O–H groups in total. The van der Waals surface area contributed by atoms with E-state index in [1.165, 1.54) is 0 Å². The first kappa shape index (κ1) is 20.9. The quantitative estimate of drug-likeness (QED) is 0.479. The first-order valence-corrected chi connectivity index (χ1v) is 10.2. The number of ether oxygens (including phenoxy) is 1. The van der Waals surface area contributed by atoms with Crippen LogP contribution in [0.3, 0.4) is 0 Å². The summed E-state index contributed by atoms with van der Waals surface area (Å²) in [6.07, 6.45) is -0.548. The molecular formula is C22H22ClN5O3. The van der Waals surface area contributed by atoms with Crippen molar-refractivity contribution in [3.8, 4) is 11.6 Å². The van der Waals surface area contributed by atoms with E-state index >= 15 is 0 Å². The summed E-state index contributed by atoms with van der Waals surface area (Å²) in [5, 5.41) is 12.8. The average molecular weight is 440 g/mol. The van der Waals surface area contributed by atoms with E-state index in [4.69, 9.17) is 26.0 Å². The van der Waals surface area contributed by atoms with E-state index in [1.807, 2.05) is 53.2 Å².